The zero-order chi connectivity index (χ0) is 18.1. The second kappa shape index (κ2) is 7.26. The molecule has 0 spiro atoms. The van der Waals surface area contributed by atoms with Crippen molar-refractivity contribution in [3.63, 3.8) is 0 Å². The van der Waals surface area contributed by atoms with Gasteiger partial charge >= 0.3 is 0 Å². The molecule has 0 saturated heterocycles. The van der Waals surface area contributed by atoms with Crippen LogP contribution in [0.3, 0.4) is 0 Å². The largest absolute Gasteiger partial charge is 0.339 e. The number of aromatic nitrogens is 2. The van der Waals surface area contributed by atoms with E-state index in [-0.39, 0.29) is 6.10 Å². The Bertz CT molecular complexity index is 1010. The first-order valence-corrected chi connectivity index (χ1v) is 10.7. The van der Waals surface area contributed by atoms with E-state index in [2.05, 4.69) is 89.5 Å². The molecule has 4 heteroatoms. The van der Waals surface area contributed by atoms with Crippen LogP contribution >= 0.6 is 8.15 Å². The molecule has 0 fully saturated rings. The van der Waals surface area contributed by atoms with Gasteiger partial charge in [0, 0.05) is 17.2 Å². The van der Waals surface area contributed by atoms with Crippen molar-refractivity contribution < 1.29 is 4.52 Å². The minimum Gasteiger partial charge on any atom is -0.339 e. The Hall–Kier alpha value is -2.48. The summed E-state index contributed by atoms with van der Waals surface area (Å²) in [6.07, 6.45) is 2.16. The van der Waals surface area contributed by atoms with Gasteiger partial charge in [0.15, 0.2) is 0 Å². The Labute approximate surface area is 160 Å². The smallest absolute Gasteiger partial charge is 0.139 e. The molecular weight excluding hydrogens is 351 g/mol. The van der Waals surface area contributed by atoms with Gasteiger partial charge in [0.25, 0.3) is 0 Å². The molecule has 1 aliphatic heterocycles. The molecule has 4 aromatic rings. The van der Waals surface area contributed by atoms with Gasteiger partial charge in [-0.3, -0.25) is 0 Å². The first-order chi connectivity index (χ1) is 13.4. The molecule has 0 saturated carbocycles. The summed E-state index contributed by atoms with van der Waals surface area (Å²) in [5.74, 6) is 1.07. The highest BCUT2D eigenvalue weighted by molar-refractivity contribution is 7.68. The summed E-state index contributed by atoms with van der Waals surface area (Å²) >= 11 is 0. The standard InChI is InChI=1S/C23H21N2OP/c1-3-10-18(11-4-1)27(19-12-5-2-6-13-19)26-22-16-9-17-25-21-15-8-7-14-20(21)24-23(22)25/h1-8,10-15,22H,9,16-17H2/t22-/m0/s1. The van der Waals surface area contributed by atoms with Crippen molar-refractivity contribution in [3.8, 4) is 0 Å². The van der Waals surface area contributed by atoms with E-state index in [0.29, 0.717) is 0 Å². The number of hydrogen-bond acceptors (Lipinski definition) is 2. The normalized spacial score (nSPS) is 16.6. The molecule has 5 rings (SSSR count). The minimum absolute atomic E-state index is 0.0256. The van der Waals surface area contributed by atoms with Crippen molar-refractivity contribution in [2.45, 2.75) is 25.5 Å². The highest BCUT2D eigenvalue weighted by atomic mass is 31.1. The number of rotatable bonds is 4. The lowest BCUT2D eigenvalue weighted by Crippen LogP contribution is -2.21. The van der Waals surface area contributed by atoms with Crippen molar-refractivity contribution in [2.75, 3.05) is 0 Å². The lowest BCUT2D eigenvalue weighted by molar-refractivity contribution is 0.184. The molecule has 0 radical (unpaired) electrons. The van der Waals surface area contributed by atoms with Gasteiger partial charge in [-0.05, 0) is 25.0 Å². The fraction of sp³-hybridized carbons (Fsp3) is 0.174. The topological polar surface area (TPSA) is 27.1 Å². The molecule has 1 aromatic heterocycles. The average molecular weight is 372 g/mol. The van der Waals surface area contributed by atoms with E-state index in [1.807, 2.05) is 0 Å². The second-order valence-electron chi connectivity index (χ2n) is 6.81. The predicted octanol–water partition coefficient (Wildman–Crippen LogP) is 4.94. The summed E-state index contributed by atoms with van der Waals surface area (Å²) in [7, 11) is -0.881. The van der Waals surface area contributed by atoms with Gasteiger partial charge in [0.2, 0.25) is 0 Å². The monoisotopic (exact) mass is 372 g/mol. The van der Waals surface area contributed by atoms with E-state index in [1.54, 1.807) is 0 Å². The van der Waals surface area contributed by atoms with Crippen LogP contribution in [0.25, 0.3) is 11.0 Å². The second-order valence-corrected chi connectivity index (χ2v) is 8.64. The van der Waals surface area contributed by atoms with E-state index in [4.69, 9.17) is 9.51 Å². The van der Waals surface area contributed by atoms with Crippen LogP contribution in [0.1, 0.15) is 24.8 Å². The highest BCUT2D eigenvalue weighted by Crippen LogP contribution is 2.44. The zero-order valence-corrected chi connectivity index (χ0v) is 15.9. The molecular formula is C23H21N2OP. The average Bonchev–Trinajstić information content (AvgIpc) is 3.13. The molecule has 0 unspecified atom stereocenters. The van der Waals surface area contributed by atoms with E-state index < -0.39 is 8.15 Å². The summed E-state index contributed by atoms with van der Waals surface area (Å²) in [6.45, 7) is 1.02. The van der Waals surface area contributed by atoms with Gasteiger partial charge in [0.05, 0.1) is 19.2 Å². The minimum atomic E-state index is -0.881. The van der Waals surface area contributed by atoms with Crippen molar-refractivity contribution in [1.29, 1.82) is 0 Å². The third-order valence-corrected chi connectivity index (χ3v) is 7.03. The summed E-state index contributed by atoms with van der Waals surface area (Å²) < 4.78 is 9.14. The lowest BCUT2D eigenvalue weighted by atomic mass is 10.1. The fourth-order valence-corrected chi connectivity index (χ4v) is 5.65. The van der Waals surface area contributed by atoms with Crippen molar-refractivity contribution in [2.24, 2.45) is 0 Å². The fourth-order valence-electron chi connectivity index (χ4n) is 3.76. The number of aryl methyl sites for hydroxylation is 1. The first kappa shape index (κ1) is 16.7. The molecule has 2 heterocycles. The summed E-state index contributed by atoms with van der Waals surface area (Å²) in [5.41, 5.74) is 2.27. The Kier molecular flexibility index (Phi) is 4.49. The highest BCUT2D eigenvalue weighted by Gasteiger charge is 2.29. The van der Waals surface area contributed by atoms with Crippen LogP contribution in [-0.4, -0.2) is 9.55 Å². The van der Waals surface area contributed by atoms with Crippen LogP contribution < -0.4 is 10.6 Å². The van der Waals surface area contributed by atoms with Crippen LogP contribution in [0.5, 0.6) is 0 Å². The lowest BCUT2D eigenvalue weighted by Gasteiger charge is -2.28. The predicted molar refractivity (Wildman–Crippen MR) is 112 cm³/mol. The van der Waals surface area contributed by atoms with Gasteiger partial charge < -0.3 is 9.09 Å². The van der Waals surface area contributed by atoms with Gasteiger partial charge in [-0.15, -0.1) is 0 Å². The number of para-hydroxylation sites is 2. The Morgan fingerprint density at radius 2 is 1.44 bits per heavy atom. The third-order valence-electron chi connectivity index (χ3n) is 5.03. The maximum Gasteiger partial charge on any atom is 0.139 e. The van der Waals surface area contributed by atoms with E-state index in [1.165, 1.54) is 16.1 Å². The summed E-state index contributed by atoms with van der Waals surface area (Å²) in [6, 6.07) is 29.6. The Morgan fingerprint density at radius 1 is 0.815 bits per heavy atom. The van der Waals surface area contributed by atoms with Crippen LogP contribution in [0.4, 0.5) is 0 Å². The molecule has 0 bridgehead atoms. The number of hydrogen-bond donors (Lipinski definition) is 0. The van der Waals surface area contributed by atoms with Crippen LogP contribution in [0.15, 0.2) is 84.9 Å². The molecule has 0 aliphatic carbocycles. The summed E-state index contributed by atoms with van der Waals surface area (Å²) in [4.78, 5) is 4.92. The molecule has 134 valence electrons. The van der Waals surface area contributed by atoms with Gasteiger partial charge in [-0.2, -0.15) is 0 Å². The Balaban J connectivity index is 1.55. The van der Waals surface area contributed by atoms with Crippen molar-refractivity contribution in [1.82, 2.24) is 9.55 Å². The molecule has 27 heavy (non-hydrogen) atoms. The van der Waals surface area contributed by atoms with E-state index in [0.717, 1.165) is 30.7 Å². The number of imidazole rings is 1. The SMILES string of the molecule is c1ccc(P(O[C@H]2CCCn3c2nc2ccccc23)c2ccccc2)cc1. The van der Waals surface area contributed by atoms with E-state index >= 15 is 0 Å². The maximum atomic E-state index is 6.80. The van der Waals surface area contributed by atoms with Gasteiger partial charge in [-0.25, -0.2) is 4.98 Å². The van der Waals surface area contributed by atoms with Crippen LogP contribution in [0.2, 0.25) is 0 Å². The molecule has 1 aliphatic rings. The number of fused-ring (bicyclic) bond motifs is 3. The number of benzene rings is 3. The van der Waals surface area contributed by atoms with Crippen molar-refractivity contribution in [3.05, 3.63) is 90.8 Å². The summed E-state index contributed by atoms with van der Waals surface area (Å²) in [5, 5.41) is 2.49. The Morgan fingerprint density at radius 3 is 2.15 bits per heavy atom. The van der Waals surface area contributed by atoms with Crippen LogP contribution in [0, 0.1) is 0 Å². The molecule has 0 amide bonds. The zero-order valence-electron chi connectivity index (χ0n) is 15.0. The number of nitrogens with zero attached hydrogens (tertiary/aromatic N) is 2. The third kappa shape index (κ3) is 3.18. The van der Waals surface area contributed by atoms with Crippen molar-refractivity contribution >= 4 is 29.8 Å². The van der Waals surface area contributed by atoms with Gasteiger partial charge in [-0.1, -0.05) is 72.8 Å². The molecule has 3 aromatic carbocycles. The van der Waals surface area contributed by atoms with Gasteiger partial charge in [0.1, 0.15) is 11.9 Å². The van der Waals surface area contributed by atoms with E-state index in [9.17, 15) is 0 Å². The van der Waals surface area contributed by atoms with Crippen LogP contribution in [-0.2, 0) is 11.1 Å². The molecule has 3 nitrogen and oxygen atoms in total. The molecule has 1 atom stereocenters. The maximum absolute atomic E-state index is 6.80. The quantitative estimate of drug-likeness (QED) is 0.475. The first-order valence-electron chi connectivity index (χ1n) is 9.42. The molecule has 0 N–H and O–H groups in total.